The Balaban J connectivity index is 1.75. The minimum Gasteiger partial charge on any atom is -0.480 e. The summed E-state index contributed by atoms with van der Waals surface area (Å²) >= 11 is 3.24. The third kappa shape index (κ3) is 5.89. The van der Waals surface area contributed by atoms with Crippen LogP contribution in [0.2, 0.25) is 0 Å². The van der Waals surface area contributed by atoms with Crippen LogP contribution in [-0.2, 0) is 16.1 Å². The van der Waals surface area contributed by atoms with Gasteiger partial charge in [0.1, 0.15) is 12.4 Å². The van der Waals surface area contributed by atoms with Crippen molar-refractivity contribution >= 4 is 27.8 Å². The SMILES string of the molecule is O=C(O)CNC(=O)CN1CCN(Cc2ccc(Br)cc2F)CC1. The highest BCUT2D eigenvalue weighted by atomic mass is 79.9. The number of carboxylic acid groups (broad SMARTS) is 1. The van der Waals surface area contributed by atoms with Crippen molar-refractivity contribution in [2.75, 3.05) is 39.3 Å². The van der Waals surface area contributed by atoms with E-state index in [9.17, 15) is 14.0 Å². The molecule has 0 spiro atoms. The van der Waals surface area contributed by atoms with Crippen molar-refractivity contribution in [2.24, 2.45) is 0 Å². The number of hydrogen-bond acceptors (Lipinski definition) is 4. The van der Waals surface area contributed by atoms with Crippen molar-refractivity contribution in [2.45, 2.75) is 6.54 Å². The molecule has 0 unspecified atom stereocenters. The summed E-state index contributed by atoms with van der Waals surface area (Å²) in [6.45, 7) is 3.23. The molecule has 1 fully saturated rings. The van der Waals surface area contributed by atoms with E-state index in [-0.39, 0.29) is 24.8 Å². The standard InChI is InChI=1S/C15H19BrFN3O3/c16-12-2-1-11(13(17)7-12)9-19-3-5-20(6-4-19)10-14(21)18-8-15(22)23/h1-2,7H,3-6,8-10H2,(H,18,21)(H,22,23). The fourth-order valence-electron chi connectivity index (χ4n) is 2.43. The Morgan fingerprint density at radius 2 is 1.87 bits per heavy atom. The molecular weight excluding hydrogens is 369 g/mol. The van der Waals surface area contributed by atoms with Crippen LogP contribution in [0.15, 0.2) is 22.7 Å². The fourth-order valence-corrected chi connectivity index (χ4v) is 2.76. The molecule has 1 aliphatic rings. The summed E-state index contributed by atoms with van der Waals surface area (Å²) in [5.41, 5.74) is 0.654. The van der Waals surface area contributed by atoms with Gasteiger partial charge in [0, 0.05) is 42.8 Å². The van der Waals surface area contributed by atoms with Gasteiger partial charge in [-0.1, -0.05) is 22.0 Å². The van der Waals surface area contributed by atoms with Gasteiger partial charge in [0.25, 0.3) is 0 Å². The average Bonchev–Trinajstić information content (AvgIpc) is 2.50. The lowest BCUT2D eigenvalue weighted by atomic mass is 10.2. The Morgan fingerprint density at radius 1 is 1.22 bits per heavy atom. The molecule has 1 saturated heterocycles. The Labute approximate surface area is 142 Å². The van der Waals surface area contributed by atoms with Gasteiger partial charge in [-0.2, -0.15) is 0 Å². The summed E-state index contributed by atoms with van der Waals surface area (Å²) in [7, 11) is 0. The smallest absolute Gasteiger partial charge is 0.322 e. The molecule has 23 heavy (non-hydrogen) atoms. The minimum atomic E-state index is -1.06. The lowest BCUT2D eigenvalue weighted by Crippen LogP contribution is -2.49. The van der Waals surface area contributed by atoms with Crippen molar-refractivity contribution in [3.63, 3.8) is 0 Å². The highest BCUT2D eigenvalue weighted by Gasteiger charge is 2.20. The number of nitrogens with one attached hydrogen (secondary N) is 1. The second kappa shape index (κ2) is 8.37. The third-order valence-electron chi connectivity index (χ3n) is 3.68. The molecule has 2 N–H and O–H groups in total. The molecule has 0 saturated carbocycles. The van der Waals surface area contributed by atoms with Crippen LogP contribution in [0.3, 0.4) is 0 Å². The van der Waals surface area contributed by atoms with Gasteiger partial charge < -0.3 is 10.4 Å². The largest absolute Gasteiger partial charge is 0.480 e. The predicted octanol–water partition coefficient (Wildman–Crippen LogP) is 0.907. The van der Waals surface area contributed by atoms with Gasteiger partial charge in [-0.05, 0) is 12.1 Å². The molecule has 126 valence electrons. The normalized spacial score (nSPS) is 16.3. The van der Waals surface area contributed by atoms with Crippen LogP contribution in [0.5, 0.6) is 0 Å². The van der Waals surface area contributed by atoms with Crippen LogP contribution in [0.25, 0.3) is 0 Å². The fraction of sp³-hybridized carbons (Fsp3) is 0.467. The van der Waals surface area contributed by atoms with Crippen LogP contribution in [0.4, 0.5) is 4.39 Å². The van der Waals surface area contributed by atoms with Gasteiger partial charge in [0.15, 0.2) is 0 Å². The number of carboxylic acids is 1. The van der Waals surface area contributed by atoms with Crippen LogP contribution in [0.1, 0.15) is 5.56 Å². The van der Waals surface area contributed by atoms with Crippen molar-refractivity contribution in [1.82, 2.24) is 15.1 Å². The summed E-state index contributed by atoms with van der Waals surface area (Å²) in [6, 6.07) is 5.05. The van der Waals surface area contributed by atoms with E-state index in [2.05, 4.69) is 26.1 Å². The molecule has 1 aliphatic heterocycles. The zero-order valence-corrected chi connectivity index (χ0v) is 14.2. The van der Waals surface area contributed by atoms with Gasteiger partial charge >= 0.3 is 5.97 Å². The average molecular weight is 388 g/mol. The number of piperazine rings is 1. The molecule has 0 aliphatic carbocycles. The second-order valence-corrected chi connectivity index (χ2v) is 6.37. The van der Waals surface area contributed by atoms with E-state index in [0.29, 0.717) is 25.2 Å². The van der Waals surface area contributed by atoms with E-state index < -0.39 is 5.97 Å². The lowest BCUT2D eigenvalue weighted by molar-refractivity contribution is -0.138. The number of carbonyl (C=O) groups is 2. The quantitative estimate of drug-likeness (QED) is 0.758. The molecule has 1 aromatic rings. The number of nitrogens with zero attached hydrogens (tertiary/aromatic N) is 2. The number of rotatable bonds is 6. The molecular formula is C15H19BrFN3O3. The summed E-state index contributed by atoms with van der Waals surface area (Å²) in [5, 5.41) is 10.9. The monoisotopic (exact) mass is 387 g/mol. The molecule has 1 amide bonds. The number of hydrogen-bond donors (Lipinski definition) is 2. The highest BCUT2D eigenvalue weighted by molar-refractivity contribution is 9.10. The molecule has 6 nitrogen and oxygen atoms in total. The topological polar surface area (TPSA) is 72.9 Å². The zero-order chi connectivity index (χ0) is 16.8. The molecule has 2 rings (SSSR count). The maximum atomic E-state index is 13.8. The maximum absolute atomic E-state index is 13.8. The Bertz CT molecular complexity index is 577. The summed E-state index contributed by atoms with van der Waals surface area (Å²) in [6.07, 6.45) is 0. The van der Waals surface area contributed by atoms with Crippen LogP contribution < -0.4 is 5.32 Å². The Morgan fingerprint density at radius 3 is 2.48 bits per heavy atom. The number of amides is 1. The number of aliphatic carboxylic acids is 1. The van der Waals surface area contributed by atoms with Gasteiger partial charge in [-0.15, -0.1) is 0 Å². The molecule has 0 atom stereocenters. The van der Waals surface area contributed by atoms with Crippen LogP contribution in [-0.4, -0.2) is 66.1 Å². The Hall–Kier alpha value is -1.51. The van der Waals surface area contributed by atoms with E-state index in [1.54, 1.807) is 6.07 Å². The number of benzene rings is 1. The number of halogens is 2. The molecule has 1 aromatic carbocycles. The second-order valence-electron chi connectivity index (χ2n) is 5.46. The molecule has 0 bridgehead atoms. The Kier molecular flexibility index (Phi) is 6.49. The molecule has 1 heterocycles. The molecule has 0 aromatic heterocycles. The van der Waals surface area contributed by atoms with Gasteiger partial charge in [-0.25, -0.2) is 4.39 Å². The van der Waals surface area contributed by atoms with E-state index in [0.717, 1.165) is 17.6 Å². The molecule has 8 heteroatoms. The van der Waals surface area contributed by atoms with Crippen molar-refractivity contribution in [1.29, 1.82) is 0 Å². The summed E-state index contributed by atoms with van der Waals surface area (Å²) in [5.74, 6) is -1.57. The van der Waals surface area contributed by atoms with E-state index in [1.807, 2.05) is 11.0 Å². The van der Waals surface area contributed by atoms with Crippen LogP contribution >= 0.6 is 15.9 Å². The van der Waals surface area contributed by atoms with Gasteiger partial charge in [-0.3, -0.25) is 19.4 Å². The lowest BCUT2D eigenvalue weighted by Gasteiger charge is -2.34. The first-order valence-electron chi connectivity index (χ1n) is 7.31. The minimum absolute atomic E-state index is 0.188. The first-order valence-corrected chi connectivity index (χ1v) is 8.10. The van der Waals surface area contributed by atoms with Gasteiger partial charge in [0.05, 0.1) is 6.54 Å². The zero-order valence-electron chi connectivity index (χ0n) is 12.6. The van der Waals surface area contributed by atoms with Crippen molar-refractivity contribution < 1.29 is 19.1 Å². The first kappa shape index (κ1) is 17.8. The van der Waals surface area contributed by atoms with E-state index in [1.165, 1.54) is 6.07 Å². The van der Waals surface area contributed by atoms with Crippen LogP contribution in [0, 0.1) is 5.82 Å². The third-order valence-corrected chi connectivity index (χ3v) is 4.17. The van der Waals surface area contributed by atoms with E-state index in [4.69, 9.17) is 5.11 Å². The predicted molar refractivity (Wildman–Crippen MR) is 86.5 cm³/mol. The molecule has 0 radical (unpaired) electrons. The maximum Gasteiger partial charge on any atom is 0.322 e. The van der Waals surface area contributed by atoms with E-state index >= 15 is 0 Å². The van der Waals surface area contributed by atoms with Crippen molar-refractivity contribution in [3.05, 3.63) is 34.1 Å². The van der Waals surface area contributed by atoms with Crippen molar-refractivity contribution in [3.8, 4) is 0 Å². The summed E-state index contributed by atoms with van der Waals surface area (Å²) in [4.78, 5) is 26.1. The number of carbonyl (C=O) groups excluding carboxylic acids is 1. The summed E-state index contributed by atoms with van der Waals surface area (Å²) < 4.78 is 14.6. The highest BCUT2D eigenvalue weighted by Crippen LogP contribution is 2.17. The van der Waals surface area contributed by atoms with Gasteiger partial charge in [0.2, 0.25) is 5.91 Å². The first-order chi connectivity index (χ1) is 10.9.